The first kappa shape index (κ1) is 30.3. The third-order valence-electron chi connectivity index (χ3n) is 8.56. The molecule has 2 fully saturated rings. The average molecular weight is 619 g/mol. The largest absolute Gasteiger partial charge is 0.449 e. The van der Waals surface area contributed by atoms with Crippen molar-refractivity contribution in [2.24, 2.45) is 18.0 Å². The van der Waals surface area contributed by atoms with E-state index in [0.29, 0.717) is 50.3 Å². The summed E-state index contributed by atoms with van der Waals surface area (Å²) in [5.41, 5.74) is 5.59. The van der Waals surface area contributed by atoms with Gasteiger partial charge in [0.2, 0.25) is 5.91 Å². The SMILES string of the molecule is CCOCC(=O)N[C@H](C1=CC2=CCC=CN=C2[C@@H](N2CCN(C(=O)OCC3CC3)CC2)c2ccc(Cl)cc21)c1cncn1C. The van der Waals surface area contributed by atoms with Gasteiger partial charge in [0.25, 0.3) is 0 Å². The van der Waals surface area contributed by atoms with Gasteiger partial charge in [0.15, 0.2) is 0 Å². The molecule has 0 spiro atoms. The molecule has 44 heavy (non-hydrogen) atoms. The van der Waals surface area contributed by atoms with E-state index in [1.165, 1.54) is 0 Å². The Hall–Kier alpha value is -3.73. The van der Waals surface area contributed by atoms with Gasteiger partial charge in [0, 0.05) is 51.1 Å². The molecule has 2 aromatic rings. The van der Waals surface area contributed by atoms with E-state index in [4.69, 9.17) is 26.1 Å². The summed E-state index contributed by atoms with van der Waals surface area (Å²) in [6.45, 7) is 5.23. The minimum absolute atomic E-state index is 0.0458. The molecular weight excluding hydrogens is 580 g/mol. The second kappa shape index (κ2) is 13.5. The van der Waals surface area contributed by atoms with Crippen molar-refractivity contribution in [3.05, 3.63) is 82.6 Å². The van der Waals surface area contributed by atoms with E-state index < -0.39 is 6.04 Å². The summed E-state index contributed by atoms with van der Waals surface area (Å²) in [5.74, 6) is 0.306. The zero-order valence-corrected chi connectivity index (χ0v) is 26.0. The number of amides is 2. The van der Waals surface area contributed by atoms with Gasteiger partial charge in [-0.3, -0.25) is 14.7 Å². The Bertz CT molecular complexity index is 1520. The lowest BCUT2D eigenvalue weighted by molar-refractivity contribution is -0.126. The summed E-state index contributed by atoms with van der Waals surface area (Å²) in [5, 5.41) is 3.81. The Balaban J connectivity index is 1.38. The number of carbonyl (C=O) groups excluding carboxylic acids is 2. The van der Waals surface area contributed by atoms with Gasteiger partial charge in [0.05, 0.1) is 42.6 Å². The van der Waals surface area contributed by atoms with Crippen LogP contribution in [0, 0.1) is 5.92 Å². The number of nitrogens with one attached hydrogen (secondary N) is 1. The third-order valence-corrected chi connectivity index (χ3v) is 8.80. The lowest BCUT2D eigenvalue weighted by atomic mass is 9.89. The number of nitrogens with zero attached hydrogens (tertiary/aromatic N) is 5. The van der Waals surface area contributed by atoms with E-state index in [-0.39, 0.29) is 24.6 Å². The summed E-state index contributed by atoms with van der Waals surface area (Å²) in [7, 11) is 1.92. The second-order valence-electron chi connectivity index (χ2n) is 11.6. The summed E-state index contributed by atoms with van der Waals surface area (Å²) >= 11 is 6.67. The maximum absolute atomic E-state index is 13.1. The van der Waals surface area contributed by atoms with Crippen molar-refractivity contribution in [3.63, 3.8) is 0 Å². The minimum Gasteiger partial charge on any atom is -0.449 e. The quantitative estimate of drug-likeness (QED) is 0.431. The van der Waals surface area contributed by atoms with Crippen molar-refractivity contribution in [1.82, 2.24) is 24.7 Å². The van der Waals surface area contributed by atoms with Crippen LogP contribution in [0.25, 0.3) is 5.57 Å². The van der Waals surface area contributed by atoms with Crippen molar-refractivity contribution in [1.29, 1.82) is 0 Å². The highest BCUT2D eigenvalue weighted by molar-refractivity contribution is 6.30. The summed E-state index contributed by atoms with van der Waals surface area (Å²) in [6, 6.07) is 5.23. The number of aliphatic imine (C=N–C) groups is 1. The number of carbonyl (C=O) groups is 2. The van der Waals surface area contributed by atoms with Crippen LogP contribution >= 0.6 is 11.6 Å². The fourth-order valence-corrected chi connectivity index (χ4v) is 6.20. The Morgan fingerprint density at radius 1 is 1.18 bits per heavy atom. The molecule has 11 heteroatoms. The molecule has 3 heterocycles. The second-order valence-corrected chi connectivity index (χ2v) is 12.1. The fourth-order valence-electron chi connectivity index (χ4n) is 6.03. The summed E-state index contributed by atoms with van der Waals surface area (Å²) in [4.78, 5) is 39.4. The molecule has 232 valence electrons. The normalized spacial score (nSPS) is 20.8. The number of aromatic nitrogens is 2. The molecule has 1 N–H and O–H groups in total. The predicted molar refractivity (Wildman–Crippen MR) is 169 cm³/mol. The van der Waals surface area contributed by atoms with Crippen LogP contribution in [0.1, 0.15) is 55.1 Å². The number of aryl methyl sites for hydroxylation is 1. The molecule has 6 rings (SSSR count). The molecule has 0 radical (unpaired) electrons. The number of allylic oxidation sites excluding steroid dienone is 3. The summed E-state index contributed by atoms with van der Waals surface area (Å²) < 4.78 is 12.9. The van der Waals surface area contributed by atoms with Gasteiger partial charge in [-0.25, -0.2) is 9.78 Å². The molecule has 2 atom stereocenters. The first-order valence-electron chi connectivity index (χ1n) is 15.4. The third kappa shape index (κ3) is 6.67. The number of ether oxygens (including phenoxy) is 2. The van der Waals surface area contributed by atoms with Gasteiger partial charge in [0.1, 0.15) is 6.61 Å². The van der Waals surface area contributed by atoms with Gasteiger partial charge >= 0.3 is 6.09 Å². The first-order valence-corrected chi connectivity index (χ1v) is 15.7. The zero-order chi connectivity index (χ0) is 30.6. The van der Waals surface area contributed by atoms with Crippen molar-refractivity contribution in [3.8, 4) is 0 Å². The Kier molecular flexibility index (Phi) is 9.30. The molecule has 2 amide bonds. The minimum atomic E-state index is -0.525. The molecular formula is C33H39ClN6O4. The Labute approximate surface area is 263 Å². The van der Waals surface area contributed by atoms with Gasteiger partial charge < -0.3 is 24.3 Å². The highest BCUT2D eigenvalue weighted by Crippen LogP contribution is 2.43. The van der Waals surface area contributed by atoms with Crippen LogP contribution in [0.5, 0.6) is 0 Å². The molecule has 1 aromatic heterocycles. The summed E-state index contributed by atoms with van der Waals surface area (Å²) in [6.07, 6.45) is 14.5. The monoisotopic (exact) mass is 618 g/mol. The first-order chi connectivity index (χ1) is 21.4. The van der Waals surface area contributed by atoms with Crippen LogP contribution in [0.2, 0.25) is 5.02 Å². The Morgan fingerprint density at radius 3 is 2.73 bits per heavy atom. The molecule has 2 aliphatic carbocycles. The van der Waals surface area contributed by atoms with E-state index in [0.717, 1.165) is 52.9 Å². The van der Waals surface area contributed by atoms with Crippen LogP contribution in [-0.2, 0) is 21.3 Å². The number of benzene rings is 1. The van der Waals surface area contributed by atoms with Crippen molar-refractivity contribution in [2.75, 3.05) is 46.0 Å². The van der Waals surface area contributed by atoms with Crippen LogP contribution in [0.3, 0.4) is 0 Å². The Morgan fingerprint density at radius 2 is 2.00 bits per heavy atom. The molecule has 1 aromatic carbocycles. The van der Waals surface area contributed by atoms with Crippen molar-refractivity contribution < 1.29 is 19.1 Å². The molecule has 10 nitrogen and oxygen atoms in total. The van der Waals surface area contributed by atoms with E-state index in [1.54, 1.807) is 17.4 Å². The van der Waals surface area contributed by atoms with E-state index in [2.05, 4.69) is 33.4 Å². The predicted octanol–water partition coefficient (Wildman–Crippen LogP) is 4.85. The number of rotatable bonds is 9. The van der Waals surface area contributed by atoms with Crippen LogP contribution in [0.4, 0.5) is 4.79 Å². The lowest BCUT2D eigenvalue weighted by Crippen LogP contribution is -2.51. The van der Waals surface area contributed by atoms with Gasteiger partial charge in [-0.1, -0.05) is 29.8 Å². The van der Waals surface area contributed by atoms with Crippen LogP contribution in [0.15, 0.2) is 65.7 Å². The molecule has 1 saturated heterocycles. The standard InChI is InChI=1S/C33H39ClN6O4/c1-3-43-20-29(41)37-31(28-18-35-21-38(28)2)27-16-23-6-4-5-11-36-30(23)32(25-10-9-24(34)17-26(25)27)39-12-14-40(15-13-39)33(42)44-19-22-7-8-22/h5-6,9-11,16-18,21-22,31-32H,3-4,7-8,12-15,19-20H2,1-2H3,(H,37,41)/t31-,32+/m1/s1. The van der Waals surface area contributed by atoms with Crippen molar-refractivity contribution >= 4 is 34.9 Å². The number of fused-ring (bicyclic) bond motifs is 2. The number of hydrogen-bond donors (Lipinski definition) is 1. The molecule has 0 unspecified atom stereocenters. The van der Waals surface area contributed by atoms with E-state index in [1.807, 2.05) is 42.9 Å². The highest BCUT2D eigenvalue weighted by atomic mass is 35.5. The highest BCUT2D eigenvalue weighted by Gasteiger charge is 2.38. The van der Waals surface area contributed by atoms with Crippen LogP contribution < -0.4 is 5.32 Å². The molecule has 1 saturated carbocycles. The molecule has 0 bridgehead atoms. The van der Waals surface area contributed by atoms with E-state index in [9.17, 15) is 9.59 Å². The van der Waals surface area contributed by atoms with Crippen LogP contribution in [-0.4, -0.2) is 83.1 Å². The maximum atomic E-state index is 13.1. The zero-order valence-electron chi connectivity index (χ0n) is 25.2. The van der Waals surface area contributed by atoms with Gasteiger partial charge in [-0.05, 0) is 72.6 Å². The van der Waals surface area contributed by atoms with E-state index >= 15 is 0 Å². The average Bonchev–Trinajstić information content (AvgIpc) is 3.82. The lowest BCUT2D eigenvalue weighted by Gasteiger charge is -2.39. The number of imidazole rings is 1. The smallest absolute Gasteiger partial charge is 0.409 e. The molecule has 4 aliphatic rings. The van der Waals surface area contributed by atoms with Gasteiger partial charge in [-0.2, -0.15) is 0 Å². The number of hydrogen-bond acceptors (Lipinski definition) is 7. The van der Waals surface area contributed by atoms with Crippen molar-refractivity contribution in [2.45, 2.75) is 38.3 Å². The number of halogens is 1. The molecule has 2 aliphatic heterocycles. The fraction of sp³-hybridized carbons (Fsp3) is 0.455. The van der Waals surface area contributed by atoms with Gasteiger partial charge in [-0.15, -0.1) is 0 Å². The topological polar surface area (TPSA) is 101 Å². The number of piperazine rings is 1. The maximum Gasteiger partial charge on any atom is 0.409 e.